The highest BCUT2D eigenvalue weighted by atomic mass is 16.6. The number of ether oxygens (including phenoxy) is 3. The Bertz CT molecular complexity index is 2890. The summed E-state index contributed by atoms with van der Waals surface area (Å²) < 4.78 is 18.9. The van der Waals surface area contributed by atoms with Gasteiger partial charge in [0.1, 0.15) is 37.3 Å². The molecule has 0 aliphatic carbocycles. The van der Waals surface area contributed by atoms with E-state index in [1.807, 2.05) is 39.0 Å². The average molecular weight is 1290 g/mol. The van der Waals surface area contributed by atoms with Gasteiger partial charge in [0.15, 0.2) is 0 Å². The van der Waals surface area contributed by atoms with E-state index in [-0.39, 0.29) is 62.6 Å². The van der Waals surface area contributed by atoms with E-state index < -0.39 is 126 Å². The number of rotatable bonds is 36. The number of aromatic nitrogens is 2. The topological polar surface area (TPSA) is 348 Å². The second-order valence-electron chi connectivity index (χ2n) is 25.2. The standard InChI is InChI=1S/C66H104N12O14/c1-16-23-47-34-53(81)78(74-47)36-51(79)72-54(38(3)4)62(85)71-48(26-21-32-68-65(67)88)61(84)70-46-30-28-44(29-31-46)37-92-66(89)76(13)56(40(7)8)63(86)73-55(39(5)6)64(87)75(12)57(41(9)17-2)50(90-14)35-52(80)77-33-22-27-49(77)59(91-15)42(10)60(83)69-43(11)58(82)45-24-19-18-20-25-45/h18-20,24-25,28-31,34,38-43,48-50,54-59,81-82H,16-17,21-23,26-27,32-33,35-37H2,1-15H3,(H,69,83)(H,70,84)(H,71,85)(H,72,79)(H,73,86)(H3,67,68,88)/t41-,42+,43+,48-,49-,50+,54-,55-,56-,57-,58+,59+/m0/s1. The minimum atomic E-state index is -1.13. The van der Waals surface area contributed by atoms with Gasteiger partial charge in [-0.05, 0) is 86.0 Å². The van der Waals surface area contributed by atoms with Gasteiger partial charge in [0, 0.05) is 53.2 Å². The molecule has 1 saturated heterocycles. The van der Waals surface area contributed by atoms with Gasteiger partial charge in [-0.1, -0.05) is 125 Å². The zero-order valence-corrected chi connectivity index (χ0v) is 56.5. The number of nitrogens with two attached hydrogens (primary N) is 1. The molecular weight excluding hydrogens is 1180 g/mol. The van der Waals surface area contributed by atoms with Crippen molar-refractivity contribution in [2.75, 3.05) is 46.7 Å². The number of aromatic hydroxyl groups is 1. The van der Waals surface area contributed by atoms with Crippen LogP contribution in [0, 0.1) is 29.6 Å². The third-order valence-electron chi connectivity index (χ3n) is 17.1. The average Bonchev–Trinajstić information content (AvgIpc) is 1.57. The number of likely N-dealkylation sites (N-methyl/N-ethyl adjacent to an activating group) is 2. The molecule has 10 amide bonds. The first-order valence-electron chi connectivity index (χ1n) is 32.1. The summed E-state index contributed by atoms with van der Waals surface area (Å²) >= 11 is 0. The molecule has 512 valence electrons. The van der Waals surface area contributed by atoms with Crippen LogP contribution in [-0.2, 0) is 67.3 Å². The minimum Gasteiger partial charge on any atom is -0.493 e. The first-order valence-corrected chi connectivity index (χ1v) is 32.1. The minimum absolute atomic E-state index is 0.0740. The predicted molar refractivity (Wildman–Crippen MR) is 347 cm³/mol. The van der Waals surface area contributed by atoms with Gasteiger partial charge in [-0.25, -0.2) is 14.3 Å². The van der Waals surface area contributed by atoms with E-state index in [4.69, 9.17) is 19.9 Å². The predicted octanol–water partition coefficient (Wildman–Crippen LogP) is 5.15. The van der Waals surface area contributed by atoms with Crippen LogP contribution in [0.3, 0.4) is 0 Å². The van der Waals surface area contributed by atoms with Crippen LogP contribution in [0.15, 0.2) is 60.7 Å². The Morgan fingerprint density at radius 1 is 0.772 bits per heavy atom. The molecule has 26 heteroatoms. The number of amides is 10. The molecule has 0 bridgehead atoms. The molecule has 1 aromatic heterocycles. The maximum absolute atomic E-state index is 14.8. The third-order valence-corrected chi connectivity index (χ3v) is 17.1. The SMILES string of the molecule is CCCc1cc(O)n(CC(=O)N[C@H](C(=O)N[C@@H](CCCNC(N)=O)C(=O)Nc2ccc(COC(=O)N(C)[C@H](C(=O)N[C@H](C(=O)N(C)[C@@H]([C@@H](C)CC)[C@@H](CC(=O)N3CCC[C@H]3[C@H](OC)[C@@H](C)C(=O)N[C@H](C)[C@@H](O)c3ccccc3)OC)C(C)C)C(C)C)cc2)C(C)C)n1. The number of hydrogen-bond donors (Lipinski definition) is 9. The van der Waals surface area contributed by atoms with Gasteiger partial charge in [0.25, 0.3) is 0 Å². The van der Waals surface area contributed by atoms with E-state index in [0.29, 0.717) is 54.7 Å². The van der Waals surface area contributed by atoms with Crippen LogP contribution < -0.4 is 37.6 Å². The molecule has 1 fully saturated rings. The highest BCUT2D eigenvalue weighted by Gasteiger charge is 2.44. The van der Waals surface area contributed by atoms with E-state index in [1.165, 1.54) is 32.2 Å². The monoisotopic (exact) mass is 1290 g/mol. The van der Waals surface area contributed by atoms with E-state index >= 15 is 0 Å². The summed E-state index contributed by atoms with van der Waals surface area (Å²) in [6.07, 6.45) is 0.314. The van der Waals surface area contributed by atoms with Gasteiger partial charge in [0.2, 0.25) is 47.2 Å². The second kappa shape index (κ2) is 37.0. The van der Waals surface area contributed by atoms with Gasteiger partial charge in [-0.2, -0.15) is 5.10 Å². The van der Waals surface area contributed by atoms with Crippen molar-refractivity contribution in [3.05, 3.63) is 77.5 Å². The summed E-state index contributed by atoms with van der Waals surface area (Å²) in [6.45, 7) is 19.9. The summed E-state index contributed by atoms with van der Waals surface area (Å²) in [5.41, 5.74) is 7.38. The number of likely N-dealkylation sites (tertiary alicyclic amines) is 1. The fourth-order valence-electron chi connectivity index (χ4n) is 11.7. The lowest BCUT2D eigenvalue weighted by Crippen LogP contribution is -2.60. The molecule has 10 N–H and O–H groups in total. The quantitative estimate of drug-likeness (QED) is 0.0340. The highest BCUT2D eigenvalue weighted by Crippen LogP contribution is 2.31. The van der Waals surface area contributed by atoms with Crippen molar-refractivity contribution < 1.29 is 67.6 Å². The largest absolute Gasteiger partial charge is 0.493 e. The summed E-state index contributed by atoms with van der Waals surface area (Å²) in [7, 11) is 6.09. The molecule has 26 nitrogen and oxygen atoms in total. The first-order chi connectivity index (χ1) is 43.5. The zero-order chi connectivity index (χ0) is 68.7. The fourth-order valence-corrected chi connectivity index (χ4v) is 11.7. The van der Waals surface area contributed by atoms with E-state index in [2.05, 4.69) is 37.0 Å². The van der Waals surface area contributed by atoms with Crippen LogP contribution in [0.2, 0.25) is 0 Å². The lowest BCUT2D eigenvalue weighted by Gasteiger charge is -2.41. The Kier molecular flexibility index (Phi) is 30.8. The van der Waals surface area contributed by atoms with Crippen molar-refractivity contribution in [1.29, 1.82) is 0 Å². The van der Waals surface area contributed by atoms with Crippen LogP contribution in [0.25, 0.3) is 0 Å². The molecule has 0 radical (unpaired) electrons. The van der Waals surface area contributed by atoms with E-state index in [1.54, 1.807) is 109 Å². The van der Waals surface area contributed by atoms with E-state index in [9.17, 15) is 53.4 Å². The molecule has 4 rings (SSSR count). The van der Waals surface area contributed by atoms with Gasteiger partial charge in [-0.15, -0.1) is 0 Å². The number of benzene rings is 2. The zero-order valence-electron chi connectivity index (χ0n) is 56.5. The first kappa shape index (κ1) is 76.6. The summed E-state index contributed by atoms with van der Waals surface area (Å²) in [5, 5.41) is 42.1. The normalized spacial score (nSPS) is 16.8. The molecule has 0 spiro atoms. The van der Waals surface area contributed by atoms with Crippen molar-refractivity contribution in [1.82, 2.24) is 51.1 Å². The second-order valence-corrected chi connectivity index (χ2v) is 25.2. The molecule has 3 aromatic rings. The van der Waals surface area contributed by atoms with Gasteiger partial charge >= 0.3 is 12.1 Å². The van der Waals surface area contributed by atoms with E-state index in [0.717, 1.165) is 11.1 Å². The van der Waals surface area contributed by atoms with Crippen LogP contribution in [0.4, 0.5) is 15.3 Å². The number of nitrogens with zero attached hydrogens (tertiary/aromatic N) is 5. The lowest BCUT2D eigenvalue weighted by molar-refractivity contribution is -0.148. The molecule has 12 atom stereocenters. The number of primary amides is 1. The highest BCUT2D eigenvalue weighted by molar-refractivity contribution is 5.98. The molecule has 92 heavy (non-hydrogen) atoms. The van der Waals surface area contributed by atoms with Crippen LogP contribution in [-0.4, -0.2) is 184 Å². The van der Waals surface area contributed by atoms with Gasteiger partial charge in [0.05, 0.1) is 54.5 Å². The number of nitrogens with one attached hydrogen (secondary N) is 6. The van der Waals surface area contributed by atoms with Gasteiger partial charge in [-0.3, -0.25) is 38.5 Å². The number of aliphatic hydroxyl groups is 1. The molecular formula is C66H104N12O14. The number of anilines is 1. The molecule has 0 saturated carbocycles. The molecule has 1 aliphatic heterocycles. The Morgan fingerprint density at radius 2 is 1.42 bits per heavy atom. The smallest absolute Gasteiger partial charge is 0.410 e. The van der Waals surface area contributed by atoms with Crippen molar-refractivity contribution in [3.63, 3.8) is 0 Å². The number of carbonyl (C=O) groups excluding carboxylic acids is 9. The summed E-state index contributed by atoms with van der Waals surface area (Å²) in [4.78, 5) is 128. The number of hydrogen-bond acceptors (Lipinski definition) is 15. The number of aliphatic hydroxyl groups excluding tert-OH is 1. The molecule has 2 heterocycles. The molecule has 0 unspecified atom stereocenters. The molecule has 1 aliphatic rings. The number of methoxy groups -OCH3 is 2. The van der Waals surface area contributed by atoms with Gasteiger partial charge < -0.3 is 71.9 Å². The Hall–Kier alpha value is -7.84. The fraction of sp³-hybridized carbons (Fsp3) is 0.636. The number of carbonyl (C=O) groups is 9. The third kappa shape index (κ3) is 21.9. The van der Waals surface area contributed by atoms with Crippen molar-refractivity contribution in [3.8, 4) is 5.88 Å². The van der Waals surface area contributed by atoms with Crippen LogP contribution in [0.5, 0.6) is 5.88 Å². The number of urea groups is 1. The Balaban J connectivity index is 1.40. The molecule has 2 aromatic carbocycles. The van der Waals surface area contributed by atoms with Crippen molar-refractivity contribution >= 4 is 59.2 Å². The lowest BCUT2D eigenvalue weighted by atomic mass is 9.89. The summed E-state index contributed by atoms with van der Waals surface area (Å²) in [6, 6.07) is 10.1. The number of aryl methyl sites for hydroxylation is 1. The Morgan fingerprint density at radius 3 is 2.00 bits per heavy atom. The maximum Gasteiger partial charge on any atom is 0.410 e. The van der Waals surface area contributed by atoms with Crippen LogP contribution >= 0.6 is 0 Å². The summed E-state index contributed by atoms with van der Waals surface area (Å²) in [5.74, 6) is -5.74. The van der Waals surface area contributed by atoms with Crippen LogP contribution in [0.1, 0.15) is 144 Å². The Labute approximate surface area is 542 Å². The van der Waals surface area contributed by atoms with Crippen molar-refractivity contribution in [2.45, 2.75) is 201 Å². The maximum atomic E-state index is 14.8. The van der Waals surface area contributed by atoms with Crippen molar-refractivity contribution in [2.24, 2.45) is 35.3 Å².